The lowest BCUT2D eigenvalue weighted by Crippen LogP contribution is -2.57. The number of carbonyl (C=O) groups is 1. The summed E-state index contributed by atoms with van der Waals surface area (Å²) >= 11 is 19.6. The fourth-order valence-electron chi connectivity index (χ4n) is 3.43. The standard InChI is InChI=1S/C14H20Br2Cl2O2/c1-2-3-14(17,18)13(19)12-10-4-9(7-16)11(20-12)5-8(10)6-15/h8-12H,2-7H2,1H3. The van der Waals surface area contributed by atoms with Crippen molar-refractivity contribution in [2.45, 2.75) is 49.1 Å². The number of halogens is 4. The SMILES string of the molecule is CCCC(Cl)(Cl)C(=O)C1OC2CC(CBr)C1CC2CBr. The van der Waals surface area contributed by atoms with Crippen LogP contribution in [0.15, 0.2) is 0 Å². The Morgan fingerprint density at radius 1 is 1.25 bits per heavy atom. The van der Waals surface area contributed by atoms with E-state index in [2.05, 4.69) is 31.9 Å². The molecule has 2 aliphatic heterocycles. The van der Waals surface area contributed by atoms with E-state index < -0.39 is 10.4 Å². The molecule has 3 aliphatic rings. The molecule has 0 aromatic carbocycles. The Kier molecular flexibility index (Phi) is 6.28. The largest absolute Gasteiger partial charge is 0.366 e. The highest BCUT2D eigenvalue weighted by atomic mass is 79.9. The minimum atomic E-state index is -1.31. The van der Waals surface area contributed by atoms with Gasteiger partial charge in [0.15, 0.2) is 10.1 Å². The molecule has 116 valence electrons. The van der Waals surface area contributed by atoms with Crippen LogP contribution >= 0.6 is 55.1 Å². The summed E-state index contributed by atoms with van der Waals surface area (Å²) in [4.78, 5) is 12.6. The highest BCUT2D eigenvalue weighted by Gasteiger charge is 2.53. The van der Waals surface area contributed by atoms with Crippen molar-refractivity contribution < 1.29 is 9.53 Å². The summed E-state index contributed by atoms with van der Waals surface area (Å²) in [5.74, 6) is 1.05. The van der Waals surface area contributed by atoms with Crippen LogP contribution in [0.2, 0.25) is 0 Å². The van der Waals surface area contributed by atoms with Gasteiger partial charge in [-0.1, -0.05) is 68.4 Å². The first-order valence-corrected chi connectivity index (χ1v) is 10.1. The fourth-order valence-corrected chi connectivity index (χ4v) is 5.45. The van der Waals surface area contributed by atoms with Gasteiger partial charge in [-0.3, -0.25) is 4.79 Å². The number of ketones is 1. The molecule has 3 fully saturated rings. The fraction of sp³-hybridized carbons (Fsp3) is 0.929. The van der Waals surface area contributed by atoms with Crippen molar-refractivity contribution in [1.29, 1.82) is 0 Å². The third-order valence-electron chi connectivity index (χ3n) is 4.53. The highest BCUT2D eigenvalue weighted by molar-refractivity contribution is 9.09. The topological polar surface area (TPSA) is 26.3 Å². The molecule has 1 saturated carbocycles. The Morgan fingerprint density at radius 3 is 2.40 bits per heavy atom. The van der Waals surface area contributed by atoms with Crippen molar-refractivity contribution in [2.24, 2.45) is 17.8 Å². The van der Waals surface area contributed by atoms with Crippen LogP contribution in [0.3, 0.4) is 0 Å². The van der Waals surface area contributed by atoms with E-state index in [1.165, 1.54) is 0 Å². The van der Waals surface area contributed by atoms with Gasteiger partial charge in [0.25, 0.3) is 0 Å². The molecular weight excluding hydrogens is 431 g/mol. The van der Waals surface area contributed by atoms with Crippen LogP contribution in [0.25, 0.3) is 0 Å². The van der Waals surface area contributed by atoms with Crippen LogP contribution < -0.4 is 0 Å². The second-order valence-electron chi connectivity index (χ2n) is 5.88. The first-order valence-electron chi connectivity index (χ1n) is 7.14. The van der Waals surface area contributed by atoms with Crippen LogP contribution in [-0.4, -0.2) is 33.0 Å². The van der Waals surface area contributed by atoms with E-state index in [-0.39, 0.29) is 17.8 Å². The van der Waals surface area contributed by atoms with Gasteiger partial charge >= 0.3 is 0 Å². The number of rotatable bonds is 6. The van der Waals surface area contributed by atoms with Gasteiger partial charge in [0.1, 0.15) is 6.10 Å². The summed E-state index contributed by atoms with van der Waals surface area (Å²) in [6, 6.07) is 0. The zero-order valence-corrected chi connectivity index (χ0v) is 16.1. The molecule has 2 nitrogen and oxygen atoms in total. The maximum atomic E-state index is 12.6. The van der Waals surface area contributed by atoms with Crippen molar-refractivity contribution in [3.05, 3.63) is 0 Å². The molecule has 3 rings (SSSR count). The molecule has 0 amide bonds. The monoisotopic (exact) mass is 448 g/mol. The second-order valence-corrected chi connectivity index (χ2v) is 8.66. The Balaban J connectivity index is 2.15. The first-order chi connectivity index (χ1) is 9.44. The van der Waals surface area contributed by atoms with Crippen LogP contribution in [-0.2, 0) is 9.53 Å². The summed E-state index contributed by atoms with van der Waals surface area (Å²) in [5.41, 5.74) is 0. The molecule has 20 heavy (non-hydrogen) atoms. The molecule has 0 aromatic heterocycles. The lowest BCUT2D eigenvalue weighted by Gasteiger charge is -2.51. The molecule has 1 aliphatic carbocycles. The maximum Gasteiger partial charge on any atom is 0.197 e. The summed E-state index contributed by atoms with van der Waals surface area (Å²) in [7, 11) is 0. The van der Waals surface area contributed by atoms with E-state index in [1.807, 2.05) is 6.92 Å². The van der Waals surface area contributed by atoms with Gasteiger partial charge in [0.2, 0.25) is 0 Å². The average Bonchev–Trinajstić information content (AvgIpc) is 2.45. The number of hydrogen-bond acceptors (Lipinski definition) is 2. The van der Waals surface area contributed by atoms with E-state index in [1.54, 1.807) is 0 Å². The zero-order valence-electron chi connectivity index (χ0n) is 11.5. The predicted molar refractivity (Wildman–Crippen MR) is 90.3 cm³/mol. The molecule has 0 spiro atoms. The smallest absolute Gasteiger partial charge is 0.197 e. The summed E-state index contributed by atoms with van der Waals surface area (Å²) in [6.07, 6.45) is 2.99. The summed E-state index contributed by atoms with van der Waals surface area (Å²) in [5, 5.41) is 1.83. The number of fused-ring (bicyclic) bond motifs is 3. The van der Waals surface area contributed by atoms with Crippen LogP contribution in [0.5, 0.6) is 0 Å². The van der Waals surface area contributed by atoms with Crippen molar-refractivity contribution in [3.8, 4) is 0 Å². The molecule has 0 N–H and O–H groups in total. The molecule has 5 atom stereocenters. The van der Waals surface area contributed by atoms with E-state index >= 15 is 0 Å². The highest BCUT2D eigenvalue weighted by Crippen LogP contribution is 2.48. The number of Topliss-reactive ketones (excluding diaryl/α,β-unsaturated/α-hetero) is 1. The molecule has 2 heterocycles. The number of ether oxygens (including phenoxy) is 1. The first kappa shape index (κ1) is 17.5. The normalized spacial score (nSPS) is 37.1. The van der Waals surface area contributed by atoms with Gasteiger partial charge in [-0.25, -0.2) is 0 Å². The Bertz CT molecular complexity index is 365. The predicted octanol–water partition coefficient (Wildman–Crippen LogP) is 4.73. The Morgan fingerprint density at radius 2 is 1.90 bits per heavy atom. The molecule has 5 unspecified atom stereocenters. The minimum absolute atomic E-state index is 0.140. The van der Waals surface area contributed by atoms with Crippen molar-refractivity contribution in [1.82, 2.24) is 0 Å². The summed E-state index contributed by atoms with van der Waals surface area (Å²) in [6.45, 7) is 1.98. The van der Waals surface area contributed by atoms with Crippen LogP contribution in [0, 0.1) is 17.8 Å². The van der Waals surface area contributed by atoms with Crippen molar-refractivity contribution in [3.63, 3.8) is 0 Å². The van der Waals surface area contributed by atoms with Crippen LogP contribution in [0.1, 0.15) is 32.6 Å². The van der Waals surface area contributed by atoms with Gasteiger partial charge < -0.3 is 4.74 Å². The van der Waals surface area contributed by atoms with Gasteiger partial charge in [0.05, 0.1) is 6.10 Å². The molecule has 2 saturated heterocycles. The van der Waals surface area contributed by atoms with Gasteiger partial charge in [0, 0.05) is 10.7 Å². The third kappa shape index (κ3) is 3.40. The zero-order chi connectivity index (χ0) is 14.9. The van der Waals surface area contributed by atoms with E-state index in [0.717, 1.165) is 29.9 Å². The number of carbonyl (C=O) groups excluding carboxylic acids is 1. The van der Waals surface area contributed by atoms with E-state index in [0.29, 0.717) is 18.3 Å². The molecule has 6 heteroatoms. The summed E-state index contributed by atoms with van der Waals surface area (Å²) < 4.78 is 4.74. The molecule has 2 bridgehead atoms. The Labute approximate surface area is 147 Å². The maximum absolute atomic E-state index is 12.6. The molecule has 0 radical (unpaired) electrons. The number of hydrogen-bond donors (Lipinski definition) is 0. The van der Waals surface area contributed by atoms with Gasteiger partial charge in [-0.15, -0.1) is 0 Å². The van der Waals surface area contributed by atoms with Gasteiger partial charge in [-0.2, -0.15) is 0 Å². The van der Waals surface area contributed by atoms with Crippen molar-refractivity contribution in [2.75, 3.05) is 10.7 Å². The third-order valence-corrected chi connectivity index (χ3v) is 6.94. The molecular formula is C14H20Br2Cl2O2. The lowest BCUT2D eigenvalue weighted by molar-refractivity contribution is -0.181. The number of alkyl halides is 4. The van der Waals surface area contributed by atoms with Gasteiger partial charge in [-0.05, 0) is 37.0 Å². The lowest BCUT2D eigenvalue weighted by atomic mass is 9.67. The van der Waals surface area contributed by atoms with E-state index in [4.69, 9.17) is 27.9 Å². The van der Waals surface area contributed by atoms with Crippen molar-refractivity contribution >= 4 is 60.8 Å². The van der Waals surface area contributed by atoms with Crippen LogP contribution in [0.4, 0.5) is 0 Å². The van der Waals surface area contributed by atoms with E-state index in [9.17, 15) is 4.79 Å². The second kappa shape index (κ2) is 7.16. The quantitative estimate of drug-likeness (QED) is 0.547. The average molecular weight is 451 g/mol. The minimum Gasteiger partial charge on any atom is -0.366 e. The Hall–Kier alpha value is 1.17. The molecule has 0 aromatic rings.